The van der Waals surface area contributed by atoms with Crippen LogP contribution < -0.4 is 5.56 Å². The molecule has 2 heterocycles. The van der Waals surface area contributed by atoms with Gasteiger partial charge < -0.3 is 4.74 Å². The Kier molecular flexibility index (Phi) is 6.09. The monoisotopic (exact) mass is 439 g/mol. The van der Waals surface area contributed by atoms with E-state index in [2.05, 4.69) is 0 Å². The molecule has 0 aliphatic rings. The maximum atomic E-state index is 13.2. The number of methoxy groups -OCH3 is 1. The van der Waals surface area contributed by atoms with Crippen molar-refractivity contribution in [1.29, 1.82) is 0 Å². The van der Waals surface area contributed by atoms with Crippen molar-refractivity contribution < 1.29 is 4.74 Å². The van der Waals surface area contributed by atoms with Gasteiger partial charge in [0.25, 0.3) is 5.56 Å². The molecule has 7 heteroatoms. The van der Waals surface area contributed by atoms with Gasteiger partial charge in [0.2, 0.25) is 0 Å². The number of ether oxygens (including phenoxy) is 1. The van der Waals surface area contributed by atoms with Gasteiger partial charge >= 0.3 is 0 Å². The van der Waals surface area contributed by atoms with Crippen LogP contribution >= 0.6 is 23.4 Å². The van der Waals surface area contributed by atoms with Gasteiger partial charge in [-0.15, -0.1) is 0 Å². The minimum Gasteiger partial charge on any atom is -0.383 e. The fourth-order valence-corrected chi connectivity index (χ4v) is 4.91. The topological polar surface area (TPSA) is 57.0 Å². The number of pyridine rings is 1. The molecule has 1 unspecified atom stereocenters. The summed E-state index contributed by atoms with van der Waals surface area (Å²) in [5.74, 6) is 0.509. The summed E-state index contributed by atoms with van der Waals surface area (Å²) < 4.78 is 7.00. The van der Waals surface area contributed by atoms with Crippen molar-refractivity contribution in [2.75, 3.05) is 13.7 Å². The summed E-state index contributed by atoms with van der Waals surface area (Å²) in [5, 5.41) is 2.93. The van der Waals surface area contributed by atoms with Gasteiger partial charge in [-0.25, -0.2) is 4.98 Å². The van der Waals surface area contributed by atoms with E-state index in [1.54, 1.807) is 17.7 Å². The number of halogens is 1. The van der Waals surface area contributed by atoms with E-state index in [0.717, 1.165) is 22.2 Å². The second-order valence-electron chi connectivity index (χ2n) is 7.19. The van der Waals surface area contributed by atoms with E-state index in [1.165, 1.54) is 11.8 Å². The smallest absolute Gasteiger partial charge is 0.262 e. The molecule has 0 aliphatic carbocycles. The highest BCUT2D eigenvalue weighted by atomic mass is 35.5. The summed E-state index contributed by atoms with van der Waals surface area (Å²) in [6, 6.07) is 15.2. The van der Waals surface area contributed by atoms with Crippen molar-refractivity contribution in [2.45, 2.75) is 30.8 Å². The van der Waals surface area contributed by atoms with Gasteiger partial charge in [0.05, 0.1) is 39.8 Å². The van der Waals surface area contributed by atoms with Crippen LogP contribution in [0, 0.1) is 6.92 Å². The molecule has 0 spiro atoms. The Bertz CT molecular complexity index is 1290. The fraction of sp³-hybridized carbons (Fsp3) is 0.261. The molecule has 0 saturated carbocycles. The van der Waals surface area contributed by atoms with Crippen LogP contribution in [0.3, 0.4) is 0 Å². The summed E-state index contributed by atoms with van der Waals surface area (Å²) >= 11 is 8.10. The molecular formula is C23H22ClN3O2S. The van der Waals surface area contributed by atoms with E-state index in [1.807, 2.05) is 56.3 Å². The number of benzene rings is 2. The lowest BCUT2D eigenvalue weighted by Gasteiger charge is -2.19. The molecule has 5 nitrogen and oxygen atoms in total. The Morgan fingerprint density at radius 1 is 1.07 bits per heavy atom. The number of fused-ring (bicyclic) bond motifs is 2. The summed E-state index contributed by atoms with van der Waals surface area (Å²) in [6.45, 7) is 4.38. The molecule has 0 N–H and O–H groups in total. The molecule has 1 atom stereocenters. The zero-order valence-electron chi connectivity index (χ0n) is 17.1. The Morgan fingerprint density at radius 3 is 2.40 bits per heavy atom. The SMILES string of the molecule is COCC(C)n1c(SCc2nc3ccccc3c(C)c2Cl)nc2ccccc2c1=O. The predicted octanol–water partition coefficient (Wildman–Crippen LogP) is 5.41. The number of aryl methyl sites for hydroxylation is 1. The third-order valence-corrected chi connectivity index (χ3v) is 6.57. The van der Waals surface area contributed by atoms with Crippen molar-refractivity contribution in [3.05, 3.63) is 75.2 Å². The van der Waals surface area contributed by atoms with Crippen LogP contribution in [0.2, 0.25) is 5.02 Å². The van der Waals surface area contributed by atoms with Gasteiger partial charge in [0.15, 0.2) is 5.16 Å². The Morgan fingerprint density at radius 2 is 1.70 bits per heavy atom. The van der Waals surface area contributed by atoms with Gasteiger partial charge in [-0.1, -0.05) is 53.7 Å². The van der Waals surface area contributed by atoms with Gasteiger partial charge in [-0.3, -0.25) is 14.3 Å². The van der Waals surface area contributed by atoms with Gasteiger partial charge in [0, 0.05) is 18.2 Å². The highest BCUT2D eigenvalue weighted by molar-refractivity contribution is 7.98. The third-order valence-electron chi connectivity index (χ3n) is 5.11. The van der Waals surface area contributed by atoms with Gasteiger partial charge in [-0.2, -0.15) is 0 Å². The first-order chi connectivity index (χ1) is 14.5. The van der Waals surface area contributed by atoms with Crippen molar-refractivity contribution in [3.63, 3.8) is 0 Å². The van der Waals surface area contributed by atoms with Crippen LogP contribution in [-0.2, 0) is 10.5 Å². The minimum absolute atomic E-state index is 0.0681. The van der Waals surface area contributed by atoms with E-state index >= 15 is 0 Å². The first kappa shape index (κ1) is 20.8. The number of nitrogens with zero attached hydrogens (tertiary/aromatic N) is 3. The summed E-state index contributed by atoms with van der Waals surface area (Å²) in [7, 11) is 1.63. The Labute approximate surface area is 184 Å². The van der Waals surface area contributed by atoms with Crippen molar-refractivity contribution in [2.24, 2.45) is 0 Å². The van der Waals surface area contributed by atoms with Crippen molar-refractivity contribution in [1.82, 2.24) is 14.5 Å². The number of aromatic nitrogens is 3. The van der Waals surface area contributed by atoms with E-state index in [-0.39, 0.29) is 11.6 Å². The molecule has 2 aromatic carbocycles. The van der Waals surface area contributed by atoms with E-state index in [9.17, 15) is 4.79 Å². The third kappa shape index (κ3) is 3.83. The molecular weight excluding hydrogens is 418 g/mol. The first-order valence-corrected chi connectivity index (χ1v) is 11.0. The predicted molar refractivity (Wildman–Crippen MR) is 124 cm³/mol. The lowest BCUT2D eigenvalue weighted by Crippen LogP contribution is -2.28. The average Bonchev–Trinajstić information content (AvgIpc) is 2.75. The van der Waals surface area contributed by atoms with E-state index < -0.39 is 0 Å². The zero-order chi connectivity index (χ0) is 21.3. The molecule has 0 fully saturated rings. The maximum absolute atomic E-state index is 13.2. The lowest BCUT2D eigenvalue weighted by atomic mass is 10.1. The molecule has 4 rings (SSSR count). The quantitative estimate of drug-likeness (QED) is 0.297. The molecule has 0 radical (unpaired) electrons. The molecule has 154 valence electrons. The maximum Gasteiger partial charge on any atom is 0.262 e. The Hall–Kier alpha value is -2.41. The van der Waals surface area contributed by atoms with Gasteiger partial charge in [-0.05, 0) is 37.6 Å². The van der Waals surface area contributed by atoms with E-state index in [0.29, 0.717) is 33.4 Å². The second kappa shape index (κ2) is 8.76. The molecule has 0 amide bonds. The standard InChI is InChI=1S/C23H22ClN3O2S/c1-14(12-29-3)27-22(28)17-9-5-7-11-19(17)26-23(27)30-13-20-21(24)15(2)16-8-4-6-10-18(16)25-20/h4-11,14H,12-13H2,1-3H3. The number of hydrogen-bond acceptors (Lipinski definition) is 5. The van der Waals surface area contributed by atoms with Gasteiger partial charge in [0.1, 0.15) is 0 Å². The molecule has 0 saturated heterocycles. The fourth-order valence-electron chi connectivity index (χ4n) is 3.58. The highest BCUT2D eigenvalue weighted by Crippen LogP contribution is 2.31. The van der Waals surface area contributed by atoms with E-state index in [4.69, 9.17) is 26.3 Å². The van der Waals surface area contributed by atoms with Crippen LogP contribution in [0.4, 0.5) is 0 Å². The largest absolute Gasteiger partial charge is 0.383 e. The summed E-state index contributed by atoms with van der Waals surface area (Å²) in [5.41, 5.74) is 3.31. The van der Waals surface area contributed by atoms with Crippen molar-refractivity contribution >= 4 is 45.2 Å². The van der Waals surface area contributed by atoms with Crippen LogP contribution in [0.1, 0.15) is 24.2 Å². The average molecular weight is 440 g/mol. The number of rotatable bonds is 6. The lowest BCUT2D eigenvalue weighted by molar-refractivity contribution is 0.156. The molecule has 4 aromatic rings. The minimum atomic E-state index is -0.149. The molecule has 30 heavy (non-hydrogen) atoms. The zero-order valence-corrected chi connectivity index (χ0v) is 18.6. The number of thioether (sulfide) groups is 1. The normalized spacial score (nSPS) is 12.5. The van der Waals surface area contributed by atoms with Crippen LogP contribution in [0.25, 0.3) is 21.8 Å². The Balaban J connectivity index is 1.77. The number of hydrogen-bond donors (Lipinski definition) is 0. The number of para-hydroxylation sites is 2. The highest BCUT2D eigenvalue weighted by Gasteiger charge is 2.18. The summed E-state index contributed by atoms with van der Waals surface area (Å²) in [4.78, 5) is 22.7. The van der Waals surface area contributed by atoms with Crippen molar-refractivity contribution in [3.8, 4) is 0 Å². The summed E-state index contributed by atoms with van der Waals surface area (Å²) in [6.07, 6.45) is 0. The molecule has 0 bridgehead atoms. The van der Waals surface area contributed by atoms with Crippen LogP contribution in [0.15, 0.2) is 58.5 Å². The molecule has 0 aliphatic heterocycles. The molecule has 2 aromatic heterocycles. The van der Waals surface area contributed by atoms with Crippen LogP contribution in [-0.4, -0.2) is 28.3 Å². The second-order valence-corrected chi connectivity index (χ2v) is 8.51. The first-order valence-electron chi connectivity index (χ1n) is 9.68. The van der Waals surface area contributed by atoms with Crippen LogP contribution in [0.5, 0.6) is 0 Å².